The van der Waals surface area contributed by atoms with Gasteiger partial charge in [-0.25, -0.2) is 4.98 Å². The first kappa shape index (κ1) is 14.2. The Morgan fingerprint density at radius 1 is 1.55 bits per heavy atom. The lowest BCUT2D eigenvalue weighted by Crippen LogP contribution is -2.37. The van der Waals surface area contributed by atoms with Gasteiger partial charge in [0, 0.05) is 18.2 Å². The van der Waals surface area contributed by atoms with Crippen molar-refractivity contribution in [3.05, 3.63) is 27.9 Å². The molecule has 1 saturated heterocycles. The Morgan fingerprint density at radius 2 is 2.25 bits per heavy atom. The van der Waals surface area contributed by atoms with Crippen LogP contribution in [0.25, 0.3) is 0 Å². The van der Waals surface area contributed by atoms with E-state index in [1.54, 1.807) is 13.0 Å². The van der Waals surface area contributed by atoms with Gasteiger partial charge in [0.2, 0.25) is 5.91 Å². The zero-order valence-electron chi connectivity index (χ0n) is 11.8. The fourth-order valence-electron chi connectivity index (χ4n) is 2.35. The maximum atomic E-state index is 12.1. The van der Waals surface area contributed by atoms with E-state index in [1.807, 2.05) is 18.7 Å². The Labute approximate surface area is 117 Å². The number of hydrogen-bond acceptors (Lipinski definition) is 5. The van der Waals surface area contributed by atoms with Crippen LogP contribution in [0.1, 0.15) is 25.8 Å². The minimum atomic E-state index is -0.465. The second-order valence-corrected chi connectivity index (χ2v) is 5.22. The molecule has 1 amide bonds. The summed E-state index contributed by atoms with van der Waals surface area (Å²) in [7, 11) is 0. The molecule has 1 aromatic rings. The van der Waals surface area contributed by atoms with Crippen molar-refractivity contribution in [2.24, 2.45) is 0 Å². The number of nitrogens with zero attached hydrogens (tertiary/aromatic N) is 3. The molecule has 0 bridgehead atoms. The number of nitrogens with one attached hydrogen (secondary N) is 1. The van der Waals surface area contributed by atoms with Gasteiger partial charge in [0.1, 0.15) is 18.1 Å². The second kappa shape index (κ2) is 5.44. The number of aromatic nitrogens is 1. The fourth-order valence-corrected chi connectivity index (χ4v) is 2.35. The van der Waals surface area contributed by atoms with Gasteiger partial charge in [-0.1, -0.05) is 0 Å². The van der Waals surface area contributed by atoms with Crippen molar-refractivity contribution in [2.45, 2.75) is 39.3 Å². The number of pyridine rings is 1. The second-order valence-electron chi connectivity index (χ2n) is 5.22. The van der Waals surface area contributed by atoms with Gasteiger partial charge in [-0.3, -0.25) is 14.9 Å². The zero-order chi connectivity index (χ0) is 14.9. The van der Waals surface area contributed by atoms with Gasteiger partial charge in [0.05, 0.1) is 4.92 Å². The minimum absolute atomic E-state index is 0.0166. The monoisotopic (exact) mass is 278 g/mol. The summed E-state index contributed by atoms with van der Waals surface area (Å²) in [4.78, 5) is 28.2. The molecule has 2 rings (SSSR count). The molecular formula is C13H18N4O3. The van der Waals surface area contributed by atoms with Gasteiger partial charge in [0.15, 0.2) is 0 Å². The van der Waals surface area contributed by atoms with Crippen molar-refractivity contribution in [1.82, 2.24) is 9.88 Å². The van der Waals surface area contributed by atoms with E-state index < -0.39 is 4.92 Å². The average Bonchev–Trinajstić information content (AvgIpc) is 2.70. The summed E-state index contributed by atoms with van der Waals surface area (Å²) in [6, 6.07) is 1.48. The Morgan fingerprint density at radius 3 is 2.75 bits per heavy atom. The van der Waals surface area contributed by atoms with E-state index in [9.17, 15) is 14.9 Å². The molecule has 1 aliphatic rings. The SMILES string of the molecule is Cc1cc(NC2CCN(C(C)C)C2=O)ncc1[N+](=O)[O-]. The summed E-state index contributed by atoms with van der Waals surface area (Å²) in [5.74, 6) is 0.551. The van der Waals surface area contributed by atoms with E-state index in [2.05, 4.69) is 10.3 Å². The topological polar surface area (TPSA) is 88.4 Å². The molecule has 7 nitrogen and oxygen atoms in total. The highest BCUT2D eigenvalue weighted by Gasteiger charge is 2.33. The number of likely N-dealkylation sites (tertiary alicyclic amines) is 1. The molecule has 1 aromatic heterocycles. The highest BCUT2D eigenvalue weighted by molar-refractivity contribution is 5.86. The van der Waals surface area contributed by atoms with Crippen molar-refractivity contribution in [1.29, 1.82) is 0 Å². The van der Waals surface area contributed by atoms with E-state index in [-0.39, 0.29) is 23.7 Å². The van der Waals surface area contributed by atoms with Crippen molar-refractivity contribution in [2.75, 3.05) is 11.9 Å². The summed E-state index contributed by atoms with van der Waals surface area (Å²) in [6.07, 6.45) is 1.94. The largest absolute Gasteiger partial charge is 0.358 e. The highest BCUT2D eigenvalue weighted by atomic mass is 16.6. The number of carbonyl (C=O) groups is 1. The maximum Gasteiger partial charge on any atom is 0.290 e. The molecule has 7 heteroatoms. The molecule has 0 aliphatic carbocycles. The first-order valence-electron chi connectivity index (χ1n) is 6.58. The lowest BCUT2D eigenvalue weighted by atomic mass is 10.2. The predicted octanol–water partition coefficient (Wildman–Crippen LogP) is 1.72. The van der Waals surface area contributed by atoms with Crippen molar-refractivity contribution in [3.8, 4) is 0 Å². The number of carbonyl (C=O) groups excluding carboxylic acids is 1. The number of amides is 1. The van der Waals surface area contributed by atoms with Gasteiger partial charge in [-0.2, -0.15) is 0 Å². The van der Waals surface area contributed by atoms with Crippen molar-refractivity contribution < 1.29 is 9.72 Å². The van der Waals surface area contributed by atoms with Crippen LogP contribution in [0.3, 0.4) is 0 Å². The van der Waals surface area contributed by atoms with Gasteiger partial charge in [-0.15, -0.1) is 0 Å². The molecule has 20 heavy (non-hydrogen) atoms. The Bertz CT molecular complexity index is 544. The van der Waals surface area contributed by atoms with Crippen LogP contribution in [0.2, 0.25) is 0 Å². The first-order chi connectivity index (χ1) is 9.40. The molecule has 0 spiro atoms. The third-order valence-electron chi connectivity index (χ3n) is 3.47. The van der Waals surface area contributed by atoms with Gasteiger partial charge >= 0.3 is 0 Å². The first-order valence-corrected chi connectivity index (χ1v) is 6.58. The molecule has 1 fully saturated rings. The molecule has 0 aromatic carbocycles. The molecular weight excluding hydrogens is 260 g/mol. The van der Waals surface area contributed by atoms with Crippen LogP contribution in [-0.4, -0.2) is 39.3 Å². The Balaban J connectivity index is 2.10. The highest BCUT2D eigenvalue weighted by Crippen LogP contribution is 2.22. The van der Waals surface area contributed by atoms with Crippen LogP contribution in [0, 0.1) is 17.0 Å². The van der Waals surface area contributed by atoms with Crippen LogP contribution in [0.15, 0.2) is 12.3 Å². The van der Waals surface area contributed by atoms with E-state index in [1.165, 1.54) is 6.20 Å². The van der Waals surface area contributed by atoms with E-state index in [4.69, 9.17) is 0 Å². The molecule has 1 unspecified atom stereocenters. The van der Waals surface area contributed by atoms with Crippen LogP contribution >= 0.6 is 0 Å². The molecule has 1 aliphatic heterocycles. The fraction of sp³-hybridized carbons (Fsp3) is 0.538. The van der Waals surface area contributed by atoms with Gasteiger partial charge in [-0.05, 0) is 33.3 Å². The minimum Gasteiger partial charge on any atom is -0.358 e. The van der Waals surface area contributed by atoms with Gasteiger partial charge < -0.3 is 10.2 Å². The number of anilines is 1. The summed E-state index contributed by atoms with van der Waals surface area (Å²) < 4.78 is 0. The predicted molar refractivity (Wildman–Crippen MR) is 74.5 cm³/mol. The molecule has 0 saturated carbocycles. The molecule has 2 heterocycles. The number of hydrogen-bond donors (Lipinski definition) is 1. The van der Waals surface area contributed by atoms with Gasteiger partial charge in [0.25, 0.3) is 5.69 Å². The van der Waals surface area contributed by atoms with E-state index in [0.29, 0.717) is 17.8 Å². The third kappa shape index (κ3) is 2.71. The average molecular weight is 278 g/mol. The van der Waals surface area contributed by atoms with E-state index >= 15 is 0 Å². The number of aryl methyl sites for hydroxylation is 1. The summed E-state index contributed by atoms with van der Waals surface area (Å²) in [5.41, 5.74) is 0.510. The van der Waals surface area contributed by atoms with E-state index in [0.717, 1.165) is 6.54 Å². The Kier molecular flexibility index (Phi) is 3.87. The van der Waals surface area contributed by atoms with Crippen LogP contribution in [0.5, 0.6) is 0 Å². The molecule has 1 N–H and O–H groups in total. The normalized spacial score (nSPS) is 18.7. The van der Waals surface area contributed by atoms with Crippen molar-refractivity contribution >= 4 is 17.4 Å². The lowest BCUT2D eigenvalue weighted by molar-refractivity contribution is -0.385. The molecule has 0 radical (unpaired) electrons. The maximum absolute atomic E-state index is 12.1. The van der Waals surface area contributed by atoms with Crippen LogP contribution < -0.4 is 5.32 Å². The summed E-state index contributed by atoms with van der Waals surface area (Å²) >= 11 is 0. The molecule has 108 valence electrons. The zero-order valence-corrected chi connectivity index (χ0v) is 11.8. The number of nitro groups is 1. The quantitative estimate of drug-likeness (QED) is 0.669. The number of rotatable bonds is 4. The van der Waals surface area contributed by atoms with Crippen molar-refractivity contribution in [3.63, 3.8) is 0 Å². The Hall–Kier alpha value is -2.18. The third-order valence-corrected chi connectivity index (χ3v) is 3.47. The smallest absolute Gasteiger partial charge is 0.290 e. The molecule has 1 atom stereocenters. The van der Waals surface area contributed by atoms with Crippen LogP contribution in [-0.2, 0) is 4.79 Å². The summed E-state index contributed by atoms with van der Waals surface area (Å²) in [5, 5.41) is 13.8. The summed E-state index contributed by atoms with van der Waals surface area (Å²) in [6.45, 7) is 6.34. The van der Waals surface area contributed by atoms with Crippen LogP contribution in [0.4, 0.5) is 11.5 Å². The lowest BCUT2D eigenvalue weighted by Gasteiger charge is -2.21. The standard InChI is InChI=1S/C13H18N4O3/c1-8(2)16-5-4-10(13(16)18)15-12-6-9(3)11(7-14-12)17(19)20/h6-8,10H,4-5H2,1-3H3,(H,14,15).